The molecule has 1 saturated heterocycles. The summed E-state index contributed by atoms with van der Waals surface area (Å²) >= 11 is 5.58. The van der Waals surface area contributed by atoms with Gasteiger partial charge in [-0.1, -0.05) is 11.6 Å². The van der Waals surface area contributed by atoms with Crippen LogP contribution in [-0.2, 0) is 10.9 Å². The van der Waals surface area contributed by atoms with Crippen LogP contribution < -0.4 is 5.32 Å². The molecule has 4 nitrogen and oxygen atoms in total. The van der Waals surface area contributed by atoms with Gasteiger partial charge in [-0.15, -0.1) is 0 Å². The van der Waals surface area contributed by atoms with Gasteiger partial charge in [-0.25, -0.2) is 9.97 Å². The van der Waals surface area contributed by atoms with E-state index in [1.54, 1.807) is 0 Å². The minimum Gasteiger partial charge on any atom is -0.376 e. The van der Waals surface area contributed by atoms with Crippen LogP contribution in [0.1, 0.15) is 25.6 Å². The van der Waals surface area contributed by atoms with Crippen LogP contribution in [0.5, 0.6) is 0 Å². The van der Waals surface area contributed by atoms with Crippen LogP contribution in [0.2, 0.25) is 5.15 Å². The average molecular weight is 296 g/mol. The van der Waals surface area contributed by atoms with Gasteiger partial charge in [-0.05, 0) is 19.8 Å². The topological polar surface area (TPSA) is 47.0 Å². The van der Waals surface area contributed by atoms with Gasteiger partial charge in [0.25, 0.3) is 0 Å². The maximum absolute atomic E-state index is 12.6. The molecule has 2 unspecified atom stereocenters. The molecule has 1 aliphatic heterocycles. The van der Waals surface area contributed by atoms with Crippen LogP contribution in [0.3, 0.4) is 0 Å². The van der Waals surface area contributed by atoms with E-state index < -0.39 is 12.0 Å². The SMILES string of the molecule is CC(Nc1cc(Cl)nc(C(F)(F)F)n1)C1CCCO1. The number of halogens is 4. The first-order valence-electron chi connectivity index (χ1n) is 5.86. The predicted molar refractivity (Wildman–Crippen MR) is 64.1 cm³/mol. The van der Waals surface area contributed by atoms with Crippen molar-refractivity contribution >= 4 is 17.4 Å². The van der Waals surface area contributed by atoms with Gasteiger partial charge in [0, 0.05) is 12.7 Å². The van der Waals surface area contributed by atoms with E-state index >= 15 is 0 Å². The summed E-state index contributed by atoms with van der Waals surface area (Å²) in [6.07, 6.45) is -2.81. The molecule has 0 bridgehead atoms. The Morgan fingerprint density at radius 2 is 2.21 bits per heavy atom. The van der Waals surface area contributed by atoms with Crippen LogP contribution in [0, 0.1) is 0 Å². The summed E-state index contributed by atoms with van der Waals surface area (Å²) in [6, 6.07) is 1.12. The summed E-state index contributed by atoms with van der Waals surface area (Å²) in [5.41, 5.74) is 0. The second-order valence-electron chi connectivity index (χ2n) is 4.38. The van der Waals surface area contributed by atoms with Crippen molar-refractivity contribution in [2.24, 2.45) is 0 Å². The number of nitrogens with one attached hydrogen (secondary N) is 1. The molecule has 1 aliphatic rings. The van der Waals surface area contributed by atoms with Crippen LogP contribution in [-0.4, -0.2) is 28.7 Å². The third-order valence-electron chi connectivity index (χ3n) is 2.85. The van der Waals surface area contributed by atoms with Crippen molar-refractivity contribution in [2.75, 3.05) is 11.9 Å². The van der Waals surface area contributed by atoms with Gasteiger partial charge < -0.3 is 10.1 Å². The van der Waals surface area contributed by atoms with Crippen molar-refractivity contribution < 1.29 is 17.9 Å². The first-order chi connectivity index (χ1) is 8.86. The van der Waals surface area contributed by atoms with E-state index in [-0.39, 0.29) is 23.1 Å². The van der Waals surface area contributed by atoms with Gasteiger partial charge >= 0.3 is 6.18 Å². The van der Waals surface area contributed by atoms with Gasteiger partial charge in [-0.3, -0.25) is 0 Å². The largest absolute Gasteiger partial charge is 0.451 e. The minimum absolute atomic E-state index is 0.0249. The van der Waals surface area contributed by atoms with Gasteiger partial charge in [0.1, 0.15) is 11.0 Å². The van der Waals surface area contributed by atoms with Crippen molar-refractivity contribution in [1.29, 1.82) is 0 Å². The molecule has 0 aliphatic carbocycles. The van der Waals surface area contributed by atoms with E-state index in [1.165, 1.54) is 6.07 Å². The number of hydrogen-bond acceptors (Lipinski definition) is 4. The molecular formula is C11H13ClF3N3O. The molecule has 0 aromatic carbocycles. The molecule has 1 fully saturated rings. The van der Waals surface area contributed by atoms with Crippen molar-refractivity contribution in [3.05, 3.63) is 17.0 Å². The molecule has 0 radical (unpaired) electrons. The van der Waals surface area contributed by atoms with E-state index in [9.17, 15) is 13.2 Å². The van der Waals surface area contributed by atoms with Crippen LogP contribution in [0.4, 0.5) is 19.0 Å². The molecule has 0 saturated carbocycles. The summed E-state index contributed by atoms with van der Waals surface area (Å²) in [5.74, 6) is -1.20. The number of ether oxygens (including phenoxy) is 1. The maximum atomic E-state index is 12.6. The Kier molecular flexibility index (Phi) is 4.15. The fourth-order valence-corrected chi connectivity index (χ4v) is 2.12. The summed E-state index contributed by atoms with van der Waals surface area (Å²) in [7, 11) is 0. The monoisotopic (exact) mass is 295 g/mol. The number of hydrogen-bond donors (Lipinski definition) is 1. The number of anilines is 1. The van der Waals surface area contributed by atoms with Gasteiger partial charge in [-0.2, -0.15) is 13.2 Å². The molecule has 0 spiro atoms. The molecule has 2 rings (SSSR count). The fraction of sp³-hybridized carbons (Fsp3) is 0.636. The molecule has 0 amide bonds. The average Bonchev–Trinajstić information content (AvgIpc) is 2.80. The Hall–Kier alpha value is -1.08. The minimum atomic E-state index is -4.62. The molecule has 19 heavy (non-hydrogen) atoms. The third-order valence-corrected chi connectivity index (χ3v) is 3.04. The van der Waals surface area contributed by atoms with Crippen molar-refractivity contribution in [3.8, 4) is 0 Å². The highest BCUT2D eigenvalue weighted by molar-refractivity contribution is 6.29. The summed E-state index contributed by atoms with van der Waals surface area (Å²) in [5, 5.41) is 2.63. The van der Waals surface area contributed by atoms with E-state index in [0.717, 1.165) is 12.8 Å². The van der Waals surface area contributed by atoms with Crippen LogP contribution in [0.25, 0.3) is 0 Å². The molecule has 106 valence electrons. The Bertz CT molecular complexity index is 449. The molecule has 1 aromatic rings. The van der Waals surface area contributed by atoms with E-state index in [2.05, 4.69) is 15.3 Å². The zero-order chi connectivity index (χ0) is 14.0. The van der Waals surface area contributed by atoms with E-state index in [1.807, 2.05) is 6.92 Å². The first kappa shape index (κ1) is 14.3. The van der Waals surface area contributed by atoms with Gasteiger partial charge in [0.15, 0.2) is 0 Å². The number of nitrogens with zero attached hydrogens (tertiary/aromatic N) is 2. The Morgan fingerprint density at radius 3 is 2.79 bits per heavy atom. The highest BCUT2D eigenvalue weighted by Crippen LogP contribution is 2.28. The zero-order valence-electron chi connectivity index (χ0n) is 10.2. The normalized spacial score (nSPS) is 21.4. The van der Waals surface area contributed by atoms with Crippen molar-refractivity contribution in [1.82, 2.24) is 9.97 Å². The molecule has 2 heterocycles. The third kappa shape index (κ3) is 3.70. The number of alkyl halides is 3. The Balaban J connectivity index is 2.13. The summed E-state index contributed by atoms with van der Waals surface area (Å²) in [6.45, 7) is 2.51. The second kappa shape index (κ2) is 5.50. The lowest BCUT2D eigenvalue weighted by molar-refractivity contribution is -0.144. The highest BCUT2D eigenvalue weighted by atomic mass is 35.5. The lowest BCUT2D eigenvalue weighted by Crippen LogP contribution is -2.30. The number of aromatic nitrogens is 2. The highest BCUT2D eigenvalue weighted by Gasteiger charge is 2.35. The molecule has 2 atom stereocenters. The quantitative estimate of drug-likeness (QED) is 0.870. The smallest absolute Gasteiger partial charge is 0.376 e. The second-order valence-corrected chi connectivity index (χ2v) is 4.77. The van der Waals surface area contributed by atoms with Crippen molar-refractivity contribution in [3.63, 3.8) is 0 Å². The summed E-state index contributed by atoms with van der Waals surface area (Å²) in [4.78, 5) is 6.60. The van der Waals surface area contributed by atoms with Gasteiger partial charge in [0.2, 0.25) is 5.82 Å². The predicted octanol–water partition coefficient (Wildman–Crippen LogP) is 3.13. The molecular weight excluding hydrogens is 283 g/mol. The van der Waals surface area contributed by atoms with Crippen LogP contribution in [0.15, 0.2) is 6.07 Å². The van der Waals surface area contributed by atoms with E-state index in [4.69, 9.17) is 16.3 Å². The summed E-state index contributed by atoms with van der Waals surface area (Å²) < 4.78 is 43.1. The first-order valence-corrected chi connectivity index (χ1v) is 6.24. The number of rotatable bonds is 3. The lowest BCUT2D eigenvalue weighted by atomic mass is 10.1. The van der Waals surface area contributed by atoms with Crippen molar-refractivity contribution in [2.45, 2.75) is 38.1 Å². The lowest BCUT2D eigenvalue weighted by Gasteiger charge is -2.21. The molecule has 8 heteroatoms. The standard InChI is InChI=1S/C11H13ClF3N3O/c1-6(7-3-2-4-19-7)16-9-5-8(12)17-10(18-9)11(13,14)15/h5-7H,2-4H2,1H3,(H,16,17,18). The zero-order valence-corrected chi connectivity index (χ0v) is 10.9. The van der Waals surface area contributed by atoms with Crippen LogP contribution >= 0.6 is 11.6 Å². The Morgan fingerprint density at radius 1 is 1.47 bits per heavy atom. The molecule has 1 aromatic heterocycles. The Labute approximate surface area is 113 Å². The maximum Gasteiger partial charge on any atom is 0.451 e. The molecule has 1 N–H and O–H groups in total. The fourth-order valence-electron chi connectivity index (χ4n) is 1.94. The van der Waals surface area contributed by atoms with E-state index in [0.29, 0.717) is 6.61 Å². The van der Waals surface area contributed by atoms with Gasteiger partial charge in [0.05, 0.1) is 12.1 Å².